The van der Waals surface area contributed by atoms with Crippen LogP contribution in [0.5, 0.6) is 0 Å². The SMILES string of the molecule is CN(CC[C@H](O)c1ccccc1)C(=O)CCc1n[nH]c2c1CCCC2. The molecule has 0 bridgehead atoms. The minimum Gasteiger partial charge on any atom is -0.388 e. The zero-order chi connectivity index (χ0) is 17.6. The van der Waals surface area contributed by atoms with Crippen molar-refractivity contribution < 1.29 is 9.90 Å². The molecule has 0 unspecified atom stereocenters. The Bertz CT molecular complexity index is 696. The normalized spacial score (nSPS) is 14.8. The molecule has 1 heterocycles. The lowest BCUT2D eigenvalue weighted by atomic mass is 9.94. The first-order chi connectivity index (χ1) is 12.1. The Morgan fingerprint density at radius 3 is 2.84 bits per heavy atom. The molecule has 2 aromatic rings. The van der Waals surface area contributed by atoms with Gasteiger partial charge in [0.15, 0.2) is 0 Å². The van der Waals surface area contributed by atoms with Crippen molar-refractivity contribution in [2.45, 2.75) is 51.0 Å². The molecule has 0 radical (unpaired) electrons. The number of carbonyl (C=O) groups excluding carboxylic acids is 1. The molecule has 0 saturated heterocycles. The number of aliphatic hydroxyl groups excluding tert-OH is 1. The van der Waals surface area contributed by atoms with E-state index in [2.05, 4.69) is 10.2 Å². The number of fused-ring (bicyclic) bond motifs is 1. The summed E-state index contributed by atoms with van der Waals surface area (Å²) < 4.78 is 0. The van der Waals surface area contributed by atoms with E-state index in [1.807, 2.05) is 30.3 Å². The summed E-state index contributed by atoms with van der Waals surface area (Å²) >= 11 is 0. The first-order valence-electron chi connectivity index (χ1n) is 9.17. The molecule has 5 heteroatoms. The summed E-state index contributed by atoms with van der Waals surface area (Å²) in [6.45, 7) is 0.549. The molecule has 25 heavy (non-hydrogen) atoms. The maximum Gasteiger partial charge on any atom is 0.222 e. The topological polar surface area (TPSA) is 69.2 Å². The van der Waals surface area contributed by atoms with E-state index in [0.717, 1.165) is 24.1 Å². The van der Waals surface area contributed by atoms with Crippen molar-refractivity contribution in [1.29, 1.82) is 0 Å². The minimum atomic E-state index is -0.533. The van der Waals surface area contributed by atoms with E-state index in [1.165, 1.54) is 24.1 Å². The smallest absolute Gasteiger partial charge is 0.222 e. The predicted octanol–water partition coefficient (Wildman–Crippen LogP) is 2.80. The first-order valence-corrected chi connectivity index (χ1v) is 9.17. The maximum atomic E-state index is 12.4. The fraction of sp³-hybridized carbons (Fsp3) is 0.500. The summed E-state index contributed by atoms with van der Waals surface area (Å²) in [4.78, 5) is 14.1. The number of carbonyl (C=O) groups is 1. The number of aryl methyl sites for hydroxylation is 2. The van der Waals surface area contributed by atoms with Gasteiger partial charge in [-0.25, -0.2) is 0 Å². The Morgan fingerprint density at radius 2 is 2.04 bits per heavy atom. The van der Waals surface area contributed by atoms with Gasteiger partial charge in [0.1, 0.15) is 0 Å². The molecule has 1 aliphatic rings. The molecule has 0 saturated carbocycles. The van der Waals surface area contributed by atoms with Gasteiger partial charge in [-0.3, -0.25) is 9.89 Å². The summed E-state index contributed by atoms with van der Waals surface area (Å²) in [7, 11) is 1.81. The van der Waals surface area contributed by atoms with Crippen molar-refractivity contribution in [1.82, 2.24) is 15.1 Å². The number of hydrogen-bond donors (Lipinski definition) is 2. The Labute approximate surface area is 149 Å². The molecule has 5 nitrogen and oxygen atoms in total. The van der Waals surface area contributed by atoms with Crippen molar-refractivity contribution in [3.8, 4) is 0 Å². The van der Waals surface area contributed by atoms with E-state index >= 15 is 0 Å². The van der Waals surface area contributed by atoms with Crippen LogP contribution >= 0.6 is 0 Å². The van der Waals surface area contributed by atoms with Crippen molar-refractivity contribution >= 4 is 5.91 Å². The molecule has 1 aromatic heterocycles. The largest absolute Gasteiger partial charge is 0.388 e. The fourth-order valence-corrected chi connectivity index (χ4v) is 3.46. The van der Waals surface area contributed by atoms with Gasteiger partial charge >= 0.3 is 0 Å². The summed E-state index contributed by atoms with van der Waals surface area (Å²) in [5.74, 6) is 0.104. The fourth-order valence-electron chi connectivity index (χ4n) is 3.46. The highest BCUT2D eigenvalue weighted by Gasteiger charge is 2.18. The van der Waals surface area contributed by atoms with Crippen LogP contribution in [-0.4, -0.2) is 39.7 Å². The number of nitrogens with one attached hydrogen (secondary N) is 1. The van der Waals surface area contributed by atoms with E-state index in [-0.39, 0.29) is 5.91 Å². The third kappa shape index (κ3) is 4.48. The summed E-state index contributed by atoms with van der Waals surface area (Å²) in [5.41, 5.74) is 4.54. The number of H-pyrrole nitrogens is 1. The van der Waals surface area contributed by atoms with Gasteiger partial charge in [0.2, 0.25) is 5.91 Å². The van der Waals surface area contributed by atoms with Crippen LogP contribution in [0.25, 0.3) is 0 Å². The second-order valence-electron chi connectivity index (χ2n) is 6.86. The Hall–Kier alpha value is -2.14. The van der Waals surface area contributed by atoms with E-state index < -0.39 is 6.10 Å². The zero-order valence-electron chi connectivity index (χ0n) is 14.9. The molecule has 1 aromatic carbocycles. The molecule has 1 atom stereocenters. The monoisotopic (exact) mass is 341 g/mol. The van der Waals surface area contributed by atoms with Crippen LogP contribution in [0.1, 0.15) is 54.3 Å². The van der Waals surface area contributed by atoms with E-state index in [9.17, 15) is 9.90 Å². The Kier molecular flexibility index (Phi) is 5.87. The zero-order valence-corrected chi connectivity index (χ0v) is 14.9. The van der Waals surface area contributed by atoms with Crippen LogP contribution in [0.2, 0.25) is 0 Å². The number of hydrogen-bond acceptors (Lipinski definition) is 3. The van der Waals surface area contributed by atoms with E-state index in [0.29, 0.717) is 25.8 Å². The van der Waals surface area contributed by atoms with Crippen LogP contribution in [0, 0.1) is 0 Å². The van der Waals surface area contributed by atoms with Crippen molar-refractivity contribution in [3.05, 3.63) is 52.8 Å². The molecular weight excluding hydrogens is 314 g/mol. The average Bonchev–Trinajstić information content (AvgIpc) is 3.07. The minimum absolute atomic E-state index is 0.104. The van der Waals surface area contributed by atoms with Crippen LogP contribution in [-0.2, 0) is 24.1 Å². The number of aliphatic hydroxyl groups is 1. The van der Waals surface area contributed by atoms with Gasteiger partial charge in [-0.1, -0.05) is 30.3 Å². The van der Waals surface area contributed by atoms with Gasteiger partial charge in [-0.15, -0.1) is 0 Å². The number of aromatic nitrogens is 2. The van der Waals surface area contributed by atoms with Gasteiger partial charge in [0.25, 0.3) is 0 Å². The quantitative estimate of drug-likeness (QED) is 0.814. The molecular formula is C20H27N3O2. The second kappa shape index (κ2) is 8.30. The number of benzene rings is 1. The highest BCUT2D eigenvalue weighted by molar-refractivity contribution is 5.76. The van der Waals surface area contributed by atoms with Crippen molar-refractivity contribution in [2.24, 2.45) is 0 Å². The van der Waals surface area contributed by atoms with Gasteiger partial charge in [0, 0.05) is 32.1 Å². The average molecular weight is 341 g/mol. The summed E-state index contributed by atoms with van der Waals surface area (Å²) in [6.07, 6.45) is 5.76. The molecule has 2 N–H and O–H groups in total. The van der Waals surface area contributed by atoms with Crippen LogP contribution in [0.4, 0.5) is 0 Å². The van der Waals surface area contributed by atoms with Crippen molar-refractivity contribution in [3.63, 3.8) is 0 Å². The van der Waals surface area contributed by atoms with Gasteiger partial charge in [-0.2, -0.15) is 5.10 Å². The van der Waals surface area contributed by atoms with E-state index in [1.54, 1.807) is 11.9 Å². The van der Waals surface area contributed by atoms with Crippen LogP contribution in [0.15, 0.2) is 30.3 Å². The highest BCUT2D eigenvalue weighted by Crippen LogP contribution is 2.23. The summed E-state index contributed by atoms with van der Waals surface area (Å²) in [5, 5.41) is 17.7. The molecule has 0 fully saturated rings. The van der Waals surface area contributed by atoms with Crippen LogP contribution < -0.4 is 0 Å². The van der Waals surface area contributed by atoms with Gasteiger partial charge in [0.05, 0.1) is 11.8 Å². The lowest BCUT2D eigenvalue weighted by Crippen LogP contribution is -2.29. The second-order valence-corrected chi connectivity index (χ2v) is 6.86. The highest BCUT2D eigenvalue weighted by atomic mass is 16.3. The third-order valence-electron chi connectivity index (χ3n) is 5.07. The van der Waals surface area contributed by atoms with Crippen molar-refractivity contribution in [2.75, 3.05) is 13.6 Å². The predicted molar refractivity (Wildman–Crippen MR) is 97.2 cm³/mol. The number of rotatable bonds is 7. The molecule has 3 rings (SSSR count). The lowest BCUT2D eigenvalue weighted by molar-refractivity contribution is -0.130. The molecule has 0 spiro atoms. The lowest BCUT2D eigenvalue weighted by Gasteiger charge is -2.19. The summed E-state index contributed by atoms with van der Waals surface area (Å²) in [6, 6.07) is 9.58. The third-order valence-corrected chi connectivity index (χ3v) is 5.07. The molecule has 134 valence electrons. The molecule has 0 aliphatic heterocycles. The standard InChI is InChI=1S/C20H27N3O2/c1-23(14-13-19(24)15-7-3-2-4-8-15)20(25)12-11-18-16-9-5-6-10-17(16)21-22-18/h2-4,7-8,19,24H,5-6,9-14H2,1H3,(H,21,22)/t19-/m0/s1. The van der Waals surface area contributed by atoms with E-state index in [4.69, 9.17) is 0 Å². The van der Waals surface area contributed by atoms with Gasteiger partial charge in [-0.05, 0) is 43.2 Å². The van der Waals surface area contributed by atoms with Gasteiger partial charge < -0.3 is 10.0 Å². The first kappa shape index (κ1) is 17.7. The number of nitrogens with zero attached hydrogens (tertiary/aromatic N) is 2. The number of amides is 1. The van der Waals surface area contributed by atoms with Crippen LogP contribution in [0.3, 0.4) is 0 Å². The molecule has 1 aliphatic carbocycles. The number of aromatic amines is 1. The Morgan fingerprint density at radius 1 is 1.28 bits per heavy atom. The maximum absolute atomic E-state index is 12.4. The Balaban J connectivity index is 1.46. The molecule has 1 amide bonds.